The van der Waals surface area contributed by atoms with Crippen LogP contribution in [0.1, 0.15) is 18.1 Å². The van der Waals surface area contributed by atoms with Gasteiger partial charge in [-0.25, -0.2) is 13.1 Å². The molecule has 2 N–H and O–H groups in total. The predicted molar refractivity (Wildman–Crippen MR) is 96.5 cm³/mol. The van der Waals surface area contributed by atoms with E-state index in [1.165, 1.54) is 0 Å². The zero-order chi connectivity index (χ0) is 17.6. The van der Waals surface area contributed by atoms with Gasteiger partial charge in [-0.2, -0.15) is 0 Å². The third kappa shape index (κ3) is 5.63. The predicted octanol–water partition coefficient (Wildman–Crippen LogP) is 2.96. The van der Waals surface area contributed by atoms with Crippen LogP contribution in [-0.2, 0) is 27.0 Å². The number of hydrogen-bond donors (Lipinski definition) is 2. The molecule has 0 saturated carbocycles. The summed E-state index contributed by atoms with van der Waals surface area (Å²) in [5.74, 6) is -0.612. The molecule has 0 unspecified atom stereocenters. The Morgan fingerprint density at radius 1 is 1.08 bits per heavy atom. The van der Waals surface area contributed by atoms with Crippen LogP contribution in [-0.4, -0.2) is 20.9 Å². The number of nitrogens with one attached hydrogen (secondary N) is 2. The summed E-state index contributed by atoms with van der Waals surface area (Å²) in [6, 6.07) is 13.9. The summed E-state index contributed by atoms with van der Waals surface area (Å²) in [6.45, 7) is 1.67. The van der Waals surface area contributed by atoms with Gasteiger partial charge in [0.05, 0.1) is 12.3 Å². The molecule has 128 valence electrons. The Kier molecular flexibility index (Phi) is 6.36. The van der Waals surface area contributed by atoms with Gasteiger partial charge < -0.3 is 5.32 Å². The maximum atomic E-state index is 12.0. The first kappa shape index (κ1) is 18.4. The second-order valence-electron chi connectivity index (χ2n) is 5.27. The molecule has 2 rings (SSSR count). The van der Waals surface area contributed by atoms with E-state index in [4.69, 9.17) is 11.6 Å². The number of anilines is 1. The average Bonchev–Trinajstić information content (AvgIpc) is 2.56. The van der Waals surface area contributed by atoms with Gasteiger partial charge >= 0.3 is 0 Å². The Hall–Kier alpha value is -1.89. The molecule has 0 spiro atoms. The van der Waals surface area contributed by atoms with Crippen LogP contribution in [0, 0.1) is 0 Å². The van der Waals surface area contributed by atoms with E-state index in [1.807, 2.05) is 25.1 Å². The number of halogens is 1. The summed E-state index contributed by atoms with van der Waals surface area (Å²) >= 11 is 5.77. The van der Waals surface area contributed by atoms with Crippen LogP contribution < -0.4 is 10.0 Å². The van der Waals surface area contributed by atoms with Gasteiger partial charge in [0.25, 0.3) is 0 Å². The van der Waals surface area contributed by atoms with Crippen molar-refractivity contribution in [1.82, 2.24) is 4.72 Å². The molecule has 0 radical (unpaired) electrons. The van der Waals surface area contributed by atoms with Crippen LogP contribution in [0.4, 0.5) is 5.69 Å². The van der Waals surface area contributed by atoms with Crippen molar-refractivity contribution in [3.63, 3.8) is 0 Å². The highest BCUT2D eigenvalue weighted by Gasteiger charge is 2.14. The molecule has 0 aromatic heterocycles. The largest absolute Gasteiger partial charge is 0.325 e. The maximum Gasteiger partial charge on any atom is 0.239 e. The third-order valence-electron chi connectivity index (χ3n) is 3.39. The van der Waals surface area contributed by atoms with Crippen LogP contribution in [0.15, 0.2) is 48.5 Å². The number of rotatable bonds is 7. The van der Waals surface area contributed by atoms with Crippen molar-refractivity contribution in [3.8, 4) is 0 Å². The van der Waals surface area contributed by atoms with Crippen molar-refractivity contribution in [2.24, 2.45) is 0 Å². The van der Waals surface area contributed by atoms with Gasteiger partial charge in [-0.1, -0.05) is 48.9 Å². The molecule has 0 heterocycles. The van der Waals surface area contributed by atoms with Crippen LogP contribution in [0.25, 0.3) is 0 Å². The molecular weight excluding hydrogens is 348 g/mol. The molecule has 5 nitrogen and oxygen atoms in total. The van der Waals surface area contributed by atoms with Crippen molar-refractivity contribution < 1.29 is 13.2 Å². The highest BCUT2D eigenvalue weighted by molar-refractivity contribution is 7.88. The van der Waals surface area contributed by atoms with Gasteiger partial charge in [0.2, 0.25) is 15.9 Å². The standard InChI is InChI=1S/C17H19ClN2O3S/c1-2-14-5-3-4-6-16(14)20-17(21)11-19-24(22,23)12-13-7-9-15(18)10-8-13/h3-10,19H,2,11-12H2,1H3,(H,20,21). The molecule has 0 atom stereocenters. The highest BCUT2D eigenvalue weighted by Crippen LogP contribution is 2.15. The second kappa shape index (κ2) is 8.28. The monoisotopic (exact) mass is 366 g/mol. The molecule has 0 aliphatic heterocycles. The lowest BCUT2D eigenvalue weighted by atomic mass is 10.1. The molecule has 0 aliphatic rings. The normalized spacial score (nSPS) is 11.2. The Bertz CT molecular complexity index is 805. The number of carbonyl (C=O) groups is 1. The second-order valence-corrected chi connectivity index (χ2v) is 7.51. The first-order valence-corrected chi connectivity index (χ1v) is 9.52. The fourth-order valence-electron chi connectivity index (χ4n) is 2.17. The van der Waals surface area contributed by atoms with Crippen molar-refractivity contribution in [1.29, 1.82) is 0 Å². The van der Waals surface area contributed by atoms with E-state index in [1.54, 1.807) is 30.3 Å². The lowest BCUT2D eigenvalue weighted by Crippen LogP contribution is -2.33. The maximum absolute atomic E-state index is 12.0. The summed E-state index contributed by atoms with van der Waals surface area (Å²) in [5, 5.41) is 3.26. The lowest BCUT2D eigenvalue weighted by Gasteiger charge is -2.10. The van der Waals surface area contributed by atoms with Crippen LogP contribution in [0.2, 0.25) is 5.02 Å². The van der Waals surface area contributed by atoms with Gasteiger partial charge in [0.15, 0.2) is 0 Å². The van der Waals surface area contributed by atoms with Crippen LogP contribution in [0.5, 0.6) is 0 Å². The van der Waals surface area contributed by atoms with E-state index in [2.05, 4.69) is 10.0 Å². The first-order chi connectivity index (χ1) is 11.4. The molecule has 0 bridgehead atoms. The zero-order valence-corrected chi connectivity index (χ0v) is 14.8. The summed E-state index contributed by atoms with van der Waals surface area (Å²) < 4.78 is 26.4. The highest BCUT2D eigenvalue weighted by atomic mass is 35.5. The molecule has 1 amide bonds. The van der Waals surface area contributed by atoms with Crippen molar-refractivity contribution in [2.45, 2.75) is 19.1 Å². The first-order valence-electron chi connectivity index (χ1n) is 7.49. The minimum Gasteiger partial charge on any atom is -0.325 e. The number of amides is 1. The number of para-hydroxylation sites is 1. The lowest BCUT2D eigenvalue weighted by molar-refractivity contribution is -0.115. The minimum atomic E-state index is -3.60. The van der Waals surface area contributed by atoms with Gasteiger partial charge in [-0.15, -0.1) is 0 Å². The molecule has 2 aromatic carbocycles. The number of benzene rings is 2. The van der Waals surface area contributed by atoms with Gasteiger partial charge in [0, 0.05) is 10.7 Å². The third-order valence-corrected chi connectivity index (χ3v) is 4.94. The Balaban J connectivity index is 1.91. The van der Waals surface area contributed by atoms with Crippen LogP contribution >= 0.6 is 11.6 Å². The fraction of sp³-hybridized carbons (Fsp3) is 0.235. The molecular formula is C17H19ClN2O3S. The van der Waals surface area contributed by atoms with E-state index in [0.717, 1.165) is 12.0 Å². The number of hydrogen-bond acceptors (Lipinski definition) is 3. The summed E-state index contributed by atoms with van der Waals surface area (Å²) in [6.07, 6.45) is 0.777. The number of aryl methyl sites for hydroxylation is 1. The SMILES string of the molecule is CCc1ccccc1NC(=O)CNS(=O)(=O)Cc1ccc(Cl)cc1. The molecule has 0 saturated heterocycles. The van der Waals surface area contributed by atoms with E-state index in [0.29, 0.717) is 16.3 Å². The van der Waals surface area contributed by atoms with Crippen LogP contribution in [0.3, 0.4) is 0 Å². The Morgan fingerprint density at radius 2 is 1.75 bits per heavy atom. The molecule has 2 aromatic rings. The quantitative estimate of drug-likeness (QED) is 0.791. The van der Waals surface area contributed by atoms with E-state index in [-0.39, 0.29) is 12.3 Å². The topological polar surface area (TPSA) is 75.3 Å². The van der Waals surface area contributed by atoms with Gasteiger partial charge in [0.1, 0.15) is 0 Å². The molecule has 7 heteroatoms. The van der Waals surface area contributed by atoms with E-state index >= 15 is 0 Å². The smallest absolute Gasteiger partial charge is 0.239 e. The summed E-state index contributed by atoms with van der Waals surface area (Å²) in [5.41, 5.74) is 2.29. The molecule has 24 heavy (non-hydrogen) atoms. The fourth-order valence-corrected chi connectivity index (χ4v) is 3.38. The number of sulfonamides is 1. The van der Waals surface area contributed by atoms with Gasteiger partial charge in [-0.05, 0) is 35.7 Å². The van der Waals surface area contributed by atoms with Crippen molar-refractivity contribution in [2.75, 3.05) is 11.9 Å². The zero-order valence-electron chi connectivity index (χ0n) is 13.3. The van der Waals surface area contributed by atoms with Crippen molar-refractivity contribution >= 4 is 33.2 Å². The van der Waals surface area contributed by atoms with Crippen molar-refractivity contribution in [3.05, 3.63) is 64.7 Å². The Morgan fingerprint density at radius 3 is 2.42 bits per heavy atom. The average molecular weight is 367 g/mol. The van der Waals surface area contributed by atoms with E-state index in [9.17, 15) is 13.2 Å². The molecule has 0 aliphatic carbocycles. The summed E-state index contributed by atoms with van der Waals surface area (Å²) in [7, 11) is -3.60. The molecule has 0 fully saturated rings. The Labute approximate surface area is 147 Å². The van der Waals surface area contributed by atoms with Gasteiger partial charge in [-0.3, -0.25) is 4.79 Å². The summed E-state index contributed by atoms with van der Waals surface area (Å²) in [4.78, 5) is 12.0. The van der Waals surface area contributed by atoms with E-state index < -0.39 is 15.9 Å². The number of carbonyl (C=O) groups excluding carboxylic acids is 1. The minimum absolute atomic E-state index is 0.205.